The van der Waals surface area contributed by atoms with Gasteiger partial charge in [0.1, 0.15) is 0 Å². The van der Waals surface area contributed by atoms with E-state index in [9.17, 15) is 0 Å². The average molecular weight is 71.9 g/mol. The predicted octanol–water partition coefficient (Wildman–Crippen LogP) is 0.431. The lowest BCUT2D eigenvalue weighted by molar-refractivity contribution is 1.42. The molecular weight excluding hydrogens is 66.9 g/mol. The normalized spacial score (nSPS) is 15.5. The summed E-state index contributed by atoms with van der Waals surface area (Å²) in [5.74, 6) is 0. The van der Waals surface area contributed by atoms with Crippen molar-refractivity contribution < 1.29 is 0 Å². The molecule has 0 saturated heterocycles. The minimum absolute atomic E-state index is 0.0278. The first-order valence-electron chi connectivity index (χ1n) is 1.17. The van der Waals surface area contributed by atoms with Crippen molar-refractivity contribution in [1.82, 2.24) is 0 Å². The third-order valence-electron chi connectivity index (χ3n) is 0. The van der Waals surface area contributed by atoms with Crippen LogP contribution in [0.15, 0.2) is 0 Å². The molecule has 0 heterocycles. The van der Waals surface area contributed by atoms with E-state index in [1.165, 1.54) is 0 Å². The van der Waals surface area contributed by atoms with Gasteiger partial charge in [-0.15, -0.1) is 0 Å². The van der Waals surface area contributed by atoms with Crippen LogP contribution in [0.1, 0.15) is 6.92 Å². The van der Waals surface area contributed by atoms with E-state index in [2.05, 4.69) is 12.6 Å². The van der Waals surface area contributed by atoms with E-state index in [1.54, 1.807) is 0 Å². The molecule has 0 N–H and O–H groups in total. The van der Waals surface area contributed by atoms with Crippen LogP contribution in [-0.2, 0) is 0 Å². The second-order valence-corrected chi connectivity index (χ2v) is 1.56. The first kappa shape index (κ1) is 4.41. The van der Waals surface area contributed by atoms with E-state index in [0.717, 1.165) is 0 Å². The molecule has 0 aromatic carbocycles. The Balaban J connectivity index is 2.32. The van der Waals surface area contributed by atoms with E-state index in [4.69, 9.17) is 7.85 Å². The van der Waals surface area contributed by atoms with Crippen LogP contribution in [-0.4, -0.2) is 13.0 Å². The van der Waals surface area contributed by atoms with Crippen LogP contribution in [0.3, 0.4) is 0 Å². The van der Waals surface area contributed by atoms with Gasteiger partial charge >= 0.3 is 0 Å². The van der Waals surface area contributed by atoms with Gasteiger partial charge in [-0.25, -0.2) is 0 Å². The van der Waals surface area contributed by atoms with Crippen molar-refractivity contribution in [2.45, 2.75) is 12.1 Å². The average Bonchev–Trinajstić information content (AvgIpc) is 0.811. The summed E-state index contributed by atoms with van der Waals surface area (Å²) in [4.78, 5) is 0. The van der Waals surface area contributed by atoms with Crippen molar-refractivity contribution in [3.05, 3.63) is 0 Å². The summed E-state index contributed by atoms with van der Waals surface area (Å²) >= 11 is 3.74. The number of hydrogen-bond donors (Lipinski definition) is 1. The topological polar surface area (TPSA) is 0 Å². The summed E-state index contributed by atoms with van der Waals surface area (Å²) in [6, 6.07) is 0. The summed E-state index contributed by atoms with van der Waals surface area (Å²) in [7, 11) is 4.98. The standard InChI is InChI=1S/C2H5BS/c1-2(3)4/h2,4H,1H3/t2-/m0/s1. The van der Waals surface area contributed by atoms with Crippen molar-refractivity contribution in [1.29, 1.82) is 0 Å². The molecule has 0 fully saturated rings. The van der Waals surface area contributed by atoms with E-state index in [0.29, 0.717) is 0 Å². The Bertz CT molecular complexity index is 10.8. The molecule has 0 bridgehead atoms. The highest BCUT2D eigenvalue weighted by Crippen LogP contribution is 1.77. The van der Waals surface area contributed by atoms with Crippen LogP contribution in [0.5, 0.6) is 0 Å². The molecule has 0 saturated carbocycles. The van der Waals surface area contributed by atoms with Crippen LogP contribution in [0.4, 0.5) is 0 Å². The molecule has 2 radical (unpaired) electrons. The zero-order valence-corrected chi connectivity index (χ0v) is 3.50. The Labute approximate surface area is 33.4 Å². The van der Waals surface area contributed by atoms with Crippen LogP contribution < -0.4 is 0 Å². The smallest absolute Gasteiger partial charge is 0.0838 e. The van der Waals surface area contributed by atoms with Gasteiger partial charge in [0.15, 0.2) is 0 Å². The summed E-state index contributed by atoms with van der Waals surface area (Å²) in [5.41, 5.74) is 0. The molecule has 0 rings (SSSR count). The molecule has 0 aliphatic heterocycles. The van der Waals surface area contributed by atoms with Gasteiger partial charge in [0.25, 0.3) is 0 Å². The molecule has 0 amide bonds. The van der Waals surface area contributed by atoms with Gasteiger partial charge in [0, 0.05) is 0 Å². The Morgan fingerprint density at radius 3 is 2.00 bits per heavy atom. The lowest BCUT2D eigenvalue weighted by Crippen LogP contribution is -1.82. The SMILES string of the molecule is [B][C@H](C)S. The molecule has 0 unspecified atom stereocenters. The molecule has 4 heavy (non-hydrogen) atoms. The maximum absolute atomic E-state index is 4.98. The lowest BCUT2D eigenvalue weighted by Gasteiger charge is -1.78. The fourth-order valence-electron chi connectivity index (χ4n) is 0. The first-order valence-corrected chi connectivity index (χ1v) is 1.69. The highest BCUT2D eigenvalue weighted by molar-refractivity contribution is 7.82. The van der Waals surface area contributed by atoms with Crippen molar-refractivity contribution in [3.8, 4) is 0 Å². The van der Waals surface area contributed by atoms with Gasteiger partial charge in [-0.2, -0.15) is 12.6 Å². The van der Waals surface area contributed by atoms with Crippen LogP contribution >= 0.6 is 12.6 Å². The van der Waals surface area contributed by atoms with Crippen molar-refractivity contribution in [2.24, 2.45) is 0 Å². The Morgan fingerprint density at radius 1 is 2.00 bits per heavy atom. The largest absolute Gasteiger partial charge is 0.186 e. The lowest BCUT2D eigenvalue weighted by atomic mass is 10.1. The van der Waals surface area contributed by atoms with Gasteiger partial charge in [0.2, 0.25) is 0 Å². The summed E-state index contributed by atoms with van der Waals surface area (Å²) in [6.45, 7) is 1.81. The van der Waals surface area contributed by atoms with Crippen molar-refractivity contribution in [3.63, 3.8) is 0 Å². The molecule has 0 aliphatic rings. The quantitative estimate of drug-likeness (QED) is 0.311. The summed E-state index contributed by atoms with van der Waals surface area (Å²) in [6.07, 6.45) is 0. The van der Waals surface area contributed by atoms with Gasteiger partial charge in [-0.1, -0.05) is 6.92 Å². The predicted molar refractivity (Wildman–Crippen MR) is 24.2 cm³/mol. The highest BCUT2D eigenvalue weighted by atomic mass is 32.1. The fraction of sp³-hybridized carbons (Fsp3) is 1.00. The second-order valence-electron chi connectivity index (χ2n) is 0.741. The minimum atomic E-state index is 0.0278. The maximum Gasteiger partial charge on any atom is 0.0838 e. The monoisotopic (exact) mass is 72.0 g/mol. The first-order chi connectivity index (χ1) is 1.73. The Morgan fingerprint density at radius 2 is 2.00 bits per heavy atom. The summed E-state index contributed by atoms with van der Waals surface area (Å²) in [5, 5.41) is 0.0278. The zero-order valence-electron chi connectivity index (χ0n) is 2.60. The van der Waals surface area contributed by atoms with Gasteiger partial charge in [0.05, 0.1) is 7.85 Å². The minimum Gasteiger partial charge on any atom is -0.186 e. The molecular formula is C2H5BS. The molecule has 0 aromatic heterocycles. The van der Waals surface area contributed by atoms with Crippen LogP contribution in [0.2, 0.25) is 0 Å². The van der Waals surface area contributed by atoms with E-state index < -0.39 is 0 Å². The fourth-order valence-corrected chi connectivity index (χ4v) is 0. The van der Waals surface area contributed by atoms with Crippen molar-refractivity contribution >= 4 is 20.5 Å². The number of hydrogen-bond acceptors (Lipinski definition) is 1. The molecule has 2 heteroatoms. The van der Waals surface area contributed by atoms with E-state index in [-0.39, 0.29) is 5.15 Å². The molecule has 1 atom stereocenters. The molecule has 0 spiro atoms. The third-order valence-corrected chi connectivity index (χ3v) is 0. The third kappa shape index (κ3) is 28.1. The Kier molecular flexibility index (Phi) is 1.88. The summed E-state index contributed by atoms with van der Waals surface area (Å²) < 4.78 is 0. The molecule has 0 nitrogen and oxygen atoms in total. The number of rotatable bonds is 0. The highest BCUT2D eigenvalue weighted by Gasteiger charge is 1.69. The van der Waals surface area contributed by atoms with Gasteiger partial charge in [-0.05, 0) is 5.15 Å². The molecule has 22 valence electrons. The van der Waals surface area contributed by atoms with E-state index in [1.807, 2.05) is 6.92 Å². The molecule has 0 aliphatic carbocycles. The van der Waals surface area contributed by atoms with Crippen molar-refractivity contribution in [2.75, 3.05) is 0 Å². The van der Waals surface area contributed by atoms with Crippen LogP contribution in [0, 0.1) is 0 Å². The van der Waals surface area contributed by atoms with Gasteiger partial charge in [-0.3, -0.25) is 0 Å². The van der Waals surface area contributed by atoms with E-state index >= 15 is 0 Å². The van der Waals surface area contributed by atoms with Gasteiger partial charge < -0.3 is 0 Å². The van der Waals surface area contributed by atoms with Crippen LogP contribution in [0.25, 0.3) is 0 Å². The zero-order chi connectivity index (χ0) is 3.58. The number of thiol groups is 1. The second kappa shape index (κ2) is 1.71. The molecule has 0 aromatic rings. The maximum atomic E-state index is 4.98. The Hall–Kier alpha value is 0.415.